The van der Waals surface area contributed by atoms with Gasteiger partial charge in [-0.2, -0.15) is 0 Å². The molecule has 0 N–H and O–H groups in total. The van der Waals surface area contributed by atoms with Crippen LogP contribution in [0.2, 0.25) is 0 Å². The Morgan fingerprint density at radius 3 is 2.54 bits per heavy atom. The molecule has 0 aliphatic carbocycles. The summed E-state index contributed by atoms with van der Waals surface area (Å²) in [4.78, 5) is 7.39. The van der Waals surface area contributed by atoms with Crippen LogP contribution in [0.1, 0.15) is 4.88 Å². The Kier molecular flexibility index (Phi) is 3.79. The standard InChI is InChI=1S/C21H17NOS/c1-14-7-12-21(24-14)18-13-16(23-2)9-10-17(18)20-11-8-15-5-3-4-6-19(15)22-20/h3-13H,1-2H3. The fourth-order valence-corrected chi connectivity index (χ4v) is 3.77. The summed E-state index contributed by atoms with van der Waals surface area (Å²) in [5, 5.41) is 1.16. The van der Waals surface area contributed by atoms with Crippen LogP contribution in [-0.2, 0) is 0 Å². The second-order valence-electron chi connectivity index (χ2n) is 5.71. The van der Waals surface area contributed by atoms with Crippen molar-refractivity contribution in [3.05, 3.63) is 71.6 Å². The predicted molar refractivity (Wildman–Crippen MR) is 102 cm³/mol. The number of rotatable bonds is 3. The highest BCUT2D eigenvalue weighted by Gasteiger charge is 2.12. The Morgan fingerprint density at radius 1 is 0.875 bits per heavy atom. The minimum absolute atomic E-state index is 0.862. The molecule has 2 aromatic carbocycles. The number of ether oxygens (including phenoxy) is 1. The third kappa shape index (κ3) is 2.68. The van der Waals surface area contributed by atoms with Crippen LogP contribution in [0.3, 0.4) is 0 Å². The molecule has 0 aliphatic rings. The smallest absolute Gasteiger partial charge is 0.119 e. The van der Waals surface area contributed by atoms with Gasteiger partial charge < -0.3 is 4.74 Å². The lowest BCUT2D eigenvalue weighted by molar-refractivity contribution is 0.415. The van der Waals surface area contributed by atoms with Crippen molar-refractivity contribution in [3.8, 4) is 27.4 Å². The SMILES string of the molecule is COc1ccc(-c2ccc3ccccc3n2)c(-c2ccc(C)s2)c1. The second-order valence-corrected chi connectivity index (χ2v) is 7.00. The largest absolute Gasteiger partial charge is 0.497 e. The summed E-state index contributed by atoms with van der Waals surface area (Å²) in [5.41, 5.74) is 4.29. The van der Waals surface area contributed by atoms with Crippen LogP contribution in [0.15, 0.2) is 66.7 Å². The van der Waals surface area contributed by atoms with Gasteiger partial charge in [-0.25, -0.2) is 4.98 Å². The first-order chi connectivity index (χ1) is 11.7. The van der Waals surface area contributed by atoms with Gasteiger partial charge in [-0.1, -0.05) is 24.3 Å². The second kappa shape index (κ2) is 6.10. The predicted octanol–water partition coefficient (Wildman–Crippen LogP) is 5.95. The molecule has 0 radical (unpaired) electrons. The number of hydrogen-bond acceptors (Lipinski definition) is 3. The molecule has 0 saturated heterocycles. The Labute approximate surface area is 145 Å². The molecule has 2 aromatic heterocycles. The van der Waals surface area contributed by atoms with Crippen LogP contribution >= 0.6 is 11.3 Å². The van der Waals surface area contributed by atoms with Gasteiger partial charge in [0.15, 0.2) is 0 Å². The molecule has 0 fully saturated rings. The van der Waals surface area contributed by atoms with Crippen molar-refractivity contribution in [1.29, 1.82) is 0 Å². The first kappa shape index (κ1) is 14.9. The zero-order valence-corrected chi connectivity index (χ0v) is 14.4. The minimum Gasteiger partial charge on any atom is -0.497 e. The van der Waals surface area contributed by atoms with Crippen molar-refractivity contribution in [2.75, 3.05) is 7.11 Å². The Balaban J connectivity index is 1.92. The van der Waals surface area contributed by atoms with Crippen molar-refractivity contribution < 1.29 is 4.74 Å². The summed E-state index contributed by atoms with van der Waals surface area (Å²) in [7, 11) is 1.70. The summed E-state index contributed by atoms with van der Waals surface area (Å²) in [5.74, 6) is 0.862. The van der Waals surface area contributed by atoms with E-state index in [0.29, 0.717) is 0 Å². The molecule has 4 aromatic rings. The highest BCUT2D eigenvalue weighted by Crippen LogP contribution is 2.38. The molecule has 0 bridgehead atoms. The molecule has 3 heteroatoms. The third-order valence-electron chi connectivity index (χ3n) is 4.11. The van der Waals surface area contributed by atoms with Crippen LogP contribution in [0, 0.1) is 6.92 Å². The van der Waals surface area contributed by atoms with E-state index < -0.39 is 0 Å². The van der Waals surface area contributed by atoms with Gasteiger partial charge in [0, 0.05) is 26.3 Å². The summed E-state index contributed by atoms with van der Waals surface area (Å²) >= 11 is 1.79. The monoisotopic (exact) mass is 331 g/mol. The molecular formula is C21H17NOS. The molecule has 2 nitrogen and oxygen atoms in total. The number of hydrogen-bond donors (Lipinski definition) is 0. The molecule has 118 valence electrons. The maximum atomic E-state index is 5.43. The van der Waals surface area contributed by atoms with Crippen molar-refractivity contribution in [2.24, 2.45) is 0 Å². The van der Waals surface area contributed by atoms with Crippen LogP contribution in [0.5, 0.6) is 5.75 Å². The maximum Gasteiger partial charge on any atom is 0.119 e. The van der Waals surface area contributed by atoms with Crippen molar-refractivity contribution in [3.63, 3.8) is 0 Å². The van der Waals surface area contributed by atoms with Gasteiger partial charge in [0.25, 0.3) is 0 Å². The van der Waals surface area contributed by atoms with E-state index in [2.05, 4.69) is 55.5 Å². The van der Waals surface area contributed by atoms with E-state index in [-0.39, 0.29) is 0 Å². The van der Waals surface area contributed by atoms with Crippen LogP contribution in [0.25, 0.3) is 32.6 Å². The van der Waals surface area contributed by atoms with Gasteiger partial charge >= 0.3 is 0 Å². The fourth-order valence-electron chi connectivity index (χ4n) is 2.87. The van der Waals surface area contributed by atoms with Crippen molar-refractivity contribution in [2.45, 2.75) is 6.92 Å². The average molecular weight is 331 g/mol. The number of aryl methyl sites for hydroxylation is 1. The molecule has 0 saturated carbocycles. The van der Waals surface area contributed by atoms with Gasteiger partial charge in [0.2, 0.25) is 0 Å². The average Bonchev–Trinajstić information content (AvgIpc) is 3.07. The molecule has 0 aliphatic heterocycles. The lowest BCUT2D eigenvalue weighted by Gasteiger charge is -2.11. The van der Waals surface area contributed by atoms with E-state index in [9.17, 15) is 0 Å². The number of para-hydroxylation sites is 1. The van der Waals surface area contributed by atoms with Crippen LogP contribution in [0.4, 0.5) is 0 Å². The molecule has 2 heterocycles. The Morgan fingerprint density at radius 2 is 1.75 bits per heavy atom. The Hall–Kier alpha value is -2.65. The number of pyridine rings is 1. The summed E-state index contributed by atoms with van der Waals surface area (Å²) in [6.07, 6.45) is 0. The normalized spacial score (nSPS) is 10.9. The topological polar surface area (TPSA) is 22.1 Å². The number of fused-ring (bicyclic) bond motifs is 1. The van der Waals surface area contributed by atoms with Gasteiger partial charge in [0.1, 0.15) is 5.75 Å². The van der Waals surface area contributed by atoms with Crippen LogP contribution in [-0.4, -0.2) is 12.1 Å². The number of benzene rings is 2. The Bertz CT molecular complexity index is 1020. The molecule has 0 atom stereocenters. The first-order valence-corrected chi connectivity index (χ1v) is 8.67. The highest BCUT2D eigenvalue weighted by atomic mass is 32.1. The van der Waals surface area contributed by atoms with Gasteiger partial charge in [0.05, 0.1) is 18.3 Å². The number of nitrogens with zero attached hydrogens (tertiary/aromatic N) is 1. The van der Waals surface area contributed by atoms with E-state index in [1.54, 1.807) is 18.4 Å². The van der Waals surface area contributed by atoms with E-state index >= 15 is 0 Å². The quantitative estimate of drug-likeness (QED) is 0.463. The highest BCUT2D eigenvalue weighted by molar-refractivity contribution is 7.15. The molecular weight excluding hydrogens is 314 g/mol. The maximum absolute atomic E-state index is 5.43. The van der Waals surface area contributed by atoms with Gasteiger partial charge in [-0.15, -0.1) is 11.3 Å². The number of thiophene rings is 1. The molecule has 24 heavy (non-hydrogen) atoms. The lowest BCUT2D eigenvalue weighted by Crippen LogP contribution is -1.90. The fraction of sp³-hybridized carbons (Fsp3) is 0.0952. The van der Waals surface area contributed by atoms with Crippen molar-refractivity contribution in [1.82, 2.24) is 4.98 Å². The molecule has 0 unspecified atom stereocenters. The van der Waals surface area contributed by atoms with E-state index in [1.165, 1.54) is 9.75 Å². The van der Waals surface area contributed by atoms with E-state index in [1.807, 2.05) is 18.2 Å². The molecule has 0 amide bonds. The summed E-state index contributed by atoms with van der Waals surface area (Å²) in [6.45, 7) is 2.13. The number of aromatic nitrogens is 1. The lowest BCUT2D eigenvalue weighted by atomic mass is 10.0. The zero-order valence-electron chi connectivity index (χ0n) is 13.6. The van der Waals surface area contributed by atoms with Gasteiger partial charge in [-0.05, 0) is 49.4 Å². The van der Waals surface area contributed by atoms with E-state index in [4.69, 9.17) is 9.72 Å². The third-order valence-corrected chi connectivity index (χ3v) is 5.14. The van der Waals surface area contributed by atoms with E-state index in [0.717, 1.165) is 33.5 Å². The van der Waals surface area contributed by atoms with Crippen LogP contribution < -0.4 is 4.74 Å². The minimum atomic E-state index is 0.862. The van der Waals surface area contributed by atoms with Gasteiger partial charge in [-0.3, -0.25) is 0 Å². The molecule has 4 rings (SSSR count). The summed E-state index contributed by atoms with van der Waals surface area (Å²) in [6, 6.07) is 22.9. The summed E-state index contributed by atoms with van der Waals surface area (Å²) < 4.78 is 5.43. The number of methoxy groups -OCH3 is 1. The molecule has 0 spiro atoms. The zero-order chi connectivity index (χ0) is 16.5. The first-order valence-electron chi connectivity index (χ1n) is 7.85. The van der Waals surface area contributed by atoms with Crippen molar-refractivity contribution >= 4 is 22.2 Å².